The standard InChI is InChI=1S/C20H32O/c1-19(2,3)17-14-16(15-10-8-7-9-11-15)12-13-18(17)21-20(4,5)6/h12-15H,7-11H2,1-6H3. The molecule has 0 radical (unpaired) electrons. The molecule has 0 aromatic heterocycles. The van der Waals surface area contributed by atoms with E-state index in [1.807, 2.05) is 0 Å². The second kappa shape index (κ2) is 6.02. The minimum Gasteiger partial charge on any atom is -0.488 e. The Morgan fingerprint density at radius 3 is 2.05 bits per heavy atom. The van der Waals surface area contributed by atoms with Crippen molar-refractivity contribution < 1.29 is 4.74 Å². The van der Waals surface area contributed by atoms with Crippen LogP contribution in [0.25, 0.3) is 0 Å². The van der Waals surface area contributed by atoms with Crippen LogP contribution in [0.3, 0.4) is 0 Å². The molecule has 0 spiro atoms. The van der Waals surface area contributed by atoms with Crippen molar-refractivity contribution >= 4 is 0 Å². The number of ether oxygens (including phenoxy) is 1. The Morgan fingerprint density at radius 2 is 1.52 bits per heavy atom. The van der Waals surface area contributed by atoms with Crippen molar-refractivity contribution in [2.45, 2.75) is 90.6 Å². The lowest BCUT2D eigenvalue weighted by Crippen LogP contribution is -2.25. The monoisotopic (exact) mass is 288 g/mol. The molecule has 1 aromatic carbocycles. The molecule has 0 saturated heterocycles. The van der Waals surface area contributed by atoms with Gasteiger partial charge in [-0.05, 0) is 62.1 Å². The van der Waals surface area contributed by atoms with Gasteiger partial charge in [0.2, 0.25) is 0 Å². The van der Waals surface area contributed by atoms with Gasteiger partial charge in [-0.2, -0.15) is 0 Å². The summed E-state index contributed by atoms with van der Waals surface area (Å²) in [5, 5.41) is 0. The summed E-state index contributed by atoms with van der Waals surface area (Å²) in [5.74, 6) is 1.80. The predicted molar refractivity (Wildman–Crippen MR) is 91.3 cm³/mol. The maximum absolute atomic E-state index is 6.20. The topological polar surface area (TPSA) is 9.23 Å². The number of rotatable bonds is 2. The van der Waals surface area contributed by atoms with Crippen LogP contribution in [-0.4, -0.2) is 5.60 Å². The van der Waals surface area contributed by atoms with Crippen molar-refractivity contribution in [3.05, 3.63) is 29.3 Å². The van der Waals surface area contributed by atoms with Crippen LogP contribution in [0.2, 0.25) is 0 Å². The third-order valence-electron chi connectivity index (χ3n) is 4.30. The van der Waals surface area contributed by atoms with Gasteiger partial charge in [-0.15, -0.1) is 0 Å². The molecule has 1 heteroatoms. The summed E-state index contributed by atoms with van der Waals surface area (Å²) >= 11 is 0. The highest BCUT2D eigenvalue weighted by atomic mass is 16.5. The predicted octanol–water partition coefficient (Wildman–Crippen LogP) is 6.21. The first-order valence-electron chi connectivity index (χ1n) is 8.50. The molecule has 21 heavy (non-hydrogen) atoms. The van der Waals surface area contributed by atoms with Gasteiger partial charge in [0.1, 0.15) is 11.4 Å². The lowest BCUT2D eigenvalue weighted by molar-refractivity contribution is 0.127. The summed E-state index contributed by atoms with van der Waals surface area (Å²) < 4.78 is 6.20. The maximum Gasteiger partial charge on any atom is 0.123 e. The third-order valence-corrected chi connectivity index (χ3v) is 4.30. The number of hydrogen-bond acceptors (Lipinski definition) is 1. The van der Waals surface area contributed by atoms with Gasteiger partial charge in [-0.3, -0.25) is 0 Å². The van der Waals surface area contributed by atoms with E-state index in [9.17, 15) is 0 Å². The van der Waals surface area contributed by atoms with Gasteiger partial charge in [0, 0.05) is 0 Å². The normalized spacial score (nSPS) is 17.8. The quantitative estimate of drug-likeness (QED) is 0.628. The fraction of sp³-hybridized carbons (Fsp3) is 0.700. The lowest BCUT2D eigenvalue weighted by Gasteiger charge is -2.30. The van der Waals surface area contributed by atoms with Gasteiger partial charge in [0.15, 0.2) is 0 Å². The minimum absolute atomic E-state index is 0.116. The fourth-order valence-corrected chi connectivity index (χ4v) is 3.24. The summed E-state index contributed by atoms with van der Waals surface area (Å²) in [7, 11) is 0. The molecule has 0 aliphatic heterocycles. The Hall–Kier alpha value is -0.980. The molecular formula is C20H32O. The first-order chi connectivity index (χ1) is 9.67. The highest BCUT2D eigenvalue weighted by Crippen LogP contribution is 2.39. The molecule has 1 fully saturated rings. The summed E-state index contributed by atoms with van der Waals surface area (Å²) in [6, 6.07) is 6.92. The highest BCUT2D eigenvalue weighted by Gasteiger charge is 2.24. The van der Waals surface area contributed by atoms with Crippen LogP contribution in [0.4, 0.5) is 0 Å². The third kappa shape index (κ3) is 4.49. The van der Waals surface area contributed by atoms with Crippen LogP contribution in [0, 0.1) is 0 Å². The average Bonchev–Trinajstić information content (AvgIpc) is 2.37. The Balaban J connectivity index is 2.35. The zero-order valence-electron chi connectivity index (χ0n) is 14.8. The molecule has 0 atom stereocenters. The zero-order chi connectivity index (χ0) is 15.7. The van der Waals surface area contributed by atoms with E-state index in [4.69, 9.17) is 4.74 Å². The second-order valence-electron chi connectivity index (χ2n) is 8.55. The van der Waals surface area contributed by atoms with E-state index in [1.165, 1.54) is 43.2 Å². The first-order valence-corrected chi connectivity index (χ1v) is 8.50. The lowest BCUT2D eigenvalue weighted by atomic mass is 9.80. The van der Waals surface area contributed by atoms with E-state index in [0.717, 1.165) is 11.7 Å². The molecule has 1 aliphatic rings. The summed E-state index contributed by atoms with van der Waals surface area (Å²) in [4.78, 5) is 0. The SMILES string of the molecule is CC(C)(C)Oc1ccc(C2CCCCC2)cc1C(C)(C)C. The van der Waals surface area contributed by atoms with Crippen molar-refractivity contribution in [2.24, 2.45) is 0 Å². The van der Waals surface area contributed by atoms with Gasteiger partial charge >= 0.3 is 0 Å². The molecule has 1 nitrogen and oxygen atoms in total. The van der Waals surface area contributed by atoms with E-state index in [0.29, 0.717) is 0 Å². The van der Waals surface area contributed by atoms with Crippen molar-refractivity contribution in [3.63, 3.8) is 0 Å². The van der Waals surface area contributed by atoms with Crippen molar-refractivity contribution in [2.75, 3.05) is 0 Å². The molecule has 0 heterocycles. The molecule has 0 unspecified atom stereocenters. The van der Waals surface area contributed by atoms with E-state index in [-0.39, 0.29) is 11.0 Å². The summed E-state index contributed by atoms with van der Waals surface area (Å²) in [5.41, 5.74) is 2.83. The van der Waals surface area contributed by atoms with E-state index < -0.39 is 0 Å². The average molecular weight is 288 g/mol. The Labute approximate surface area is 131 Å². The smallest absolute Gasteiger partial charge is 0.123 e. The Morgan fingerprint density at radius 1 is 0.905 bits per heavy atom. The van der Waals surface area contributed by atoms with Gasteiger partial charge in [-0.1, -0.05) is 52.2 Å². The zero-order valence-corrected chi connectivity index (χ0v) is 14.8. The van der Waals surface area contributed by atoms with E-state index >= 15 is 0 Å². The second-order valence-corrected chi connectivity index (χ2v) is 8.55. The van der Waals surface area contributed by atoms with Crippen molar-refractivity contribution in [1.82, 2.24) is 0 Å². The van der Waals surface area contributed by atoms with Crippen LogP contribution >= 0.6 is 0 Å². The molecule has 0 amide bonds. The van der Waals surface area contributed by atoms with Crippen LogP contribution in [-0.2, 0) is 5.41 Å². The Bertz CT molecular complexity index is 468. The van der Waals surface area contributed by atoms with Crippen LogP contribution < -0.4 is 4.74 Å². The van der Waals surface area contributed by atoms with E-state index in [1.54, 1.807) is 0 Å². The maximum atomic E-state index is 6.20. The first kappa shape index (κ1) is 16.4. The van der Waals surface area contributed by atoms with Gasteiger partial charge in [-0.25, -0.2) is 0 Å². The van der Waals surface area contributed by atoms with Gasteiger partial charge in [0.25, 0.3) is 0 Å². The highest BCUT2D eigenvalue weighted by molar-refractivity contribution is 5.43. The van der Waals surface area contributed by atoms with Crippen molar-refractivity contribution in [1.29, 1.82) is 0 Å². The fourth-order valence-electron chi connectivity index (χ4n) is 3.24. The Kier molecular flexibility index (Phi) is 4.70. The molecular weight excluding hydrogens is 256 g/mol. The summed E-state index contributed by atoms with van der Waals surface area (Å²) in [6.07, 6.45) is 6.88. The molecule has 1 saturated carbocycles. The minimum atomic E-state index is -0.146. The molecule has 1 aromatic rings. The van der Waals surface area contributed by atoms with Crippen LogP contribution in [0.5, 0.6) is 5.75 Å². The van der Waals surface area contributed by atoms with Crippen molar-refractivity contribution in [3.8, 4) is 5.75 Å². The molecule has 0 bridgehead atoms. The van der Waals surface area contributed by atoms with E-state index in [2.05, 4.69) is 59.7 Å². The molecule has 118 valence electrons. The molecule has 1 aliphatic carbocycles. The van der Waals surface area contributed by atoms with Gasteiger partial charge < -0.3 is 4.74 Å². The largest absolute Gasteiger partial charge is 0.488 e. The van der Waals surface area contributed by atoms with Gasteiger partial charge in [0.05, 0.1) is 0 Å². The van der Waals surface area contributed by atoms with Crippen LogP contribution in [0.1, 0.15) is 90.7 Å². The molecule has 0 N–H and O–H groups in total. The van der Waals surface area contributed by atoms with Crippen LogP contribution in [0.15, 0.2) is 18.2 Å². The number of hydrogen-bond donors (Lipinski definition) is 0. The number of benzene rings is 1. The summed E-state index contributed by atoms with van der Waals surface area (Å²) in [6.45, 7) is 13.2. The molecule has 2 rings (SSSR count).